The van der Waals surface area contributed by atoms with Gasteiger partial charge in [0.15, 0.2) is 6.17 Å². The third kappa shape index (κ3) is 7.47. The molecule has 1 aliphatic rings. The number of phenolic OH excluding ortho intramolecular Hbond substituents is 1. The average molecular weight is 551 g/mol. The van der Waals surface area contributed by atoms with Crippen LogP contribution >= 0.6 is 0 Å². The fourth-order valence-corrected chi connectivity index (χ4v) is 3.88. The first-order valence-corrected chi connectivity index (χ1v) is 11.9. The molecule has 0 aliphatic carbocycles. The van der Waals surface area contributed by atoms with Gasteiger partial charge >= 0.3 is 11.4 Å². The molecule has 3 aromatic carbocycles. The fourth-order valence-electron chi connectivity index (χ4n) is 3.88. The van der Waals surface area contributed by atoms with Gasteiger partial charge in [-0.15, -0.1) is 0 Å². The molecule has 1 atom stereocenters. The quantitative estimate of drug-likeness (QED) is 0.198. The number of hydrogen-bond acceptors (Lipinski definition) is 12. The zero-order valence-electron chi connectivity index (χ0n) is 21.1. The van der Waals surface area contributed by atoms with Crippen LogP contribution in [0.4, 0.5) is 17.1 Å². The Labute approximate surface area is 227 Å². The molecule has 1 aliphatic heterocycles. The molecule has 0 saturated heterocycles. The molecule has 0 aromatic heterocycles. The molecule has 40 heavy (non-hydrogen) atoms. The largest absolute Gasteiger partial charge is 0.497 e. The van der Waals surface area contributed by atoms with Crippen molar-refractivity contribution in [3.63, 3.8) is 0 Å². The second-order valence-corrected chi connectivity index (χ2v) is 8.48. The van der Waals surface area contributed by atoms with Gasteiger partial charge in [0.05, 0.1) is 26.9 Å². The Bertz CT molecular complexity index is 1400. The van der Waals surface area contributed by atoms with Gasteiger partial charge in [-0.2, -0.15) is 4.99 Å². The van der Waals surface area contributed by atoms with E-state index in [1.165, 1.54) is 5.56 Å². The molecular weight excluding hydrogens is 524 g/mol. The number of nitro benzene ring substituents is 3. The molecule has 0 fully saturated rings. The number of aromatic hydroxyl groups is 1. The molecule has 0 spiro atoms. The van der Waals surface area contributed by atoms with Crippen molar-refractivity contribution in [1.29, 1.82) is 0 Å². The number of unbranched alkanes of at least 4 members (excludes halogenated alkanes) is 1. The average Bonchev–Trinajstić information content (AvgIpc) is 2.92. The number of rotatable bonds is 9. The van der Waals surface area contributed by atoms with Gasteiger partial charge in [0, 0.05) is 6.54 Å². The van der Waals surface area contributed by atoms with Crippen molar-refractivity contribution >= 4 is 29.0 Å². The first kappa shape index (κ1) is 29.0. The van der Waals surface area contributed by atoms with Crippen LogP contribution in [-0.2, 0) is 6.42 Å². The number of nitro groups is 3. The number of nitrogens with zero attached hydrogens (tertiary/aromatic N) is 6. The molecule has 0 bridgehead atoms. The highest BCUT2D eigenvalue weighted by Crippen LogP contribution is 2.39. The molecule has 3 aromatic rings. The molecule has 1 unspecified atom stereocenters. The van der Waals surface area contributed by atoms with E-state index in [1.54, 1.807) is 0 Å². The summed E-state index contributed by atoms with van der Waals surface area (Å²) in [6.07, 6.45) is 2.98. The van der Waals surface area contributed by atoms with Crippen molar-refractivity contribution in [2.45, 2.75) is 25.4 Å². The third-order valence-electron chi connectivity index (χ3n) is 5.79. The van der Waals surface area contributed by atoms with Gasteiger partial charge < -0.3 is 21.5 Å². The maximum atomic E-state index is 10.4. The Morgan fingerprint density at radius 2 is 1.38 bits per heavy atom. The fraction of sp³-hybridized carbons (Fsp3) is 0.200. The van der Waals surface area contributed by atoms with Gasteiger partial charge in [-0.3, -0.25) is 30.3 Å². The van der Waals surface area contributed by atoms with Gasteiger partial charge in [-0.1, -0.05) is 60.7 Å². The molecular formula is C25H26N8O7. The van der Waals surface area contributed by atoms with Crippen LogP contribution in [0.15, 0.2) is 82.8 Å². The highest BCUT2D eigenvalue weighted by atomic mass is 16.6. The van der Waals surface area contributed by atoms with Gasteiger partial charge in [0.2, 0.25) is 11.9 Å². The van der Waals surface area contributed by atoms with Crippen molar-refractivity contribution < 1.29 is 19.9 Å². The predicted octanol–water partition coefficient (Wildman–Crippen LogP) is 3.77. The summed E-state index contributed by atoms with van der Waals surface area (Å²) in [7, 11) is 0. The van der Waals surface area contributed by atoms with Crippen LogP contribution in [0.3, 0.4) is 0 Å². The van der Waals surface area contributed by atoms with Crippen molar-refractivity contribution in [2.24, 2.45) is 21.5 Å². The number of hydrogen-bond donors (Lipinski definition) is 3. The summed E-state index contributed by atoms with van der Waals surface area (Å²) in [6, 6.07) is 21.5. The lowest BCUT2D eigenvalue weighted by atomic mass is 10.1. The molecule has 15 nitrogen and oxygen atoms in total. The first-order chi connectivity index (χ1) is 19.1. The summed E-state index contributed by atoms with van der Waals surface area (Å²) in [4.78, 5) is 38.4. The zero-order valence-corrected chi connectivity index (χ0v) is 21.1. The summed E-state index contributed by atoms with van der Waals surface area (Å²) in [5, 5.41) is 40.2. The van der Waals surface area contributed by atoms with Crippen LogP contribution in [0.2, 0.25) is 0 Å². The SMILES string of the molecule is NC1=NC(c2ccccc2)N(CCCCc2ccccc2)C(N)=N1.O=[N+]([O-])c1cc([N+](=O)[O-])c(O)c([N+](=O)[O-])c1. The van der Waals surface area contributed by atoms with Crippen LogP contribution < -0.4 is 11.5 Å². The smallest absolute Gasteiger partial charge is 0.324 e. The molecule has 1 heterocycles. The molecule has 15 heteroatoms. The van der Waals surface area contributed by atoms with Crippen LogP contribution in [0.25, 0.3) is 0 Å². The highest BCUT2D eigenvalue weighted by molar-refractivity contribution is 5.95. The number of guanidine groups is 2. The summed E-state index contributed by atoms with van der Waals surface area (Å²) >= 11 is 0. The van der Waals surface area contributed by atoms with Gasteiger partial charge in [-0.25, -0.2) is 4.99 Å². The van der Waals surface area contributed by atoms with Crippen LogP contribution in [0, 0.1) is 30.3 Å². The topological polar surface area (TPSA) is 230 Å². The highest BCUT2D eigenvalue weighted by Gasteiger charge is 2.30. The van der Waals surface area contributed by atoms with E-state index in [1.807, 2.05) is 41.3 Å². The Hall–Kier alpha value is -5.60. The number of phenols is 1. The minimum absolute atomic E-state index is 0.194. The van der Waals surface area contributed by atoms with E-state index in [4.69, 9.17) is 16.6 Å². The minimum atomic E-state index is -1.21. The van der Waals surface area contributed by atoms with Crippen LogP contribution in [-0.4, -0.2) is 43.2 Å². The molecule has 5 N–H and O–H groups in total. The molecule has 4 rings (SSSR count). The number of nitrogens with two attached hydrogens (primary N) is 2. The van der Waals surface area contributed by atoms with E-state index in [0.29, 0.717) is 18.1 Å². The second-order valence-electron chi connectivity index (χ2n) is 8.48. The molecule has 208 valence electrons. The van der Waals surface area contributed by atoms with E-state index in [0.717, 1.165) is 31.4 Å². The minimum Gasteiger partial charge on any atom is -0.497 e. The van der Waals surface area contributed by atoms with Crippen LogP contribution in [0.5, 0.6) is 5.75 Å². The van der Waals surface area contributed by atoms with Gasteiger partial charge in [-0.05, 0) is 30.4 Å². The molecule has 0 amide bonds. The van der Waals surface area contributed by atoms with Crippen molar-refractivity contribution in [3.05, 3.63) is 114 Å². The maximum Gasteiger partial charge on any atom is 0.324 e. The molecule has 0 radical (unpaired) electrons. The second kappa shape index (κ2) is 13.3. The summed E-state index contributed by atoms with van der Waals surface area (Å²) in [5.41, 5.74) is 11.3. The standard InChI is InChI=1S/C19H23N5.C6H3N3O7/c20-18-22-17(16-12-5-2-6-13-16)24(19(21)23-18)14-8-7-11-15-9-3-1-4-10-15;10-6-4(8(13)14)1-3(7(11)12)2-5(6)9(15)16/h1-6,9-10,12-13,17H,7-8,11,14H2,(H4,20,21,22,23);1-2,10H. The van der Waals surface area contributed by atoms with E-state index >= 15 is 0 Å². The van der Waals surface area contributed by atoms with Crippen molar-refractivity contribution in [3.8, 4) is 5.75 Å². The van der Waals surface area contributed by atoms with E-state index in [2.05, 4.69) is 34.3 Å². The lowest BCUT2D eigenvalue weighted by Gasteiger charge is -2.32. The lowest BCUT2D eigenvalue weighted by molar-refractivity contribution is -0.404. The summed E-state index contributed by atoms with van der Waals surface area (Å²) in [6.45, 7) is 0.804. The first-order valence-electron chi connectivity index (χ1n) is 11.9. The Morgan fingerprint density at radius 1 is 0.825 bits per heavy atom. The van der Waals surface area contributed by atoms with Gasteiger partial charge in [0.25, 0.3) is 11.4 Å². The Balaban J connectivity index is 0.000000241. The van der Waals surface area contributed by atoms with E-state index in [9.17, 15) is 30.3 Å². The lowest BCUT2D eigenvalue weighted by Crippen LogP contribution is -2.44. The van der Waals surface area contributed by atoms with E-state index in [-0.39, 0.29) is 12.1 Å². The third-order valence-corrected chi connectivity index (χ3v) is 5.79. The van der Waals surface area contributed by atoms with Crippen LogP contribution in [0.1, 0.15) is 30.1 Å². The predicted molar refractivity (Wildman–Crippen MR) is 147 cm³/mol. The van der Waals surface area contributed by atoms with E-state index < -0.39 is 37.6 Å². The number of non-ortho nitro benzene ring substituents is 1. The molecule has 0 saturated carbocycles. The summed E-state index contributed by atoms with van der Waals surface area (Å²) < 4.78 is 0. The summed E-state index contributed by atoms with van der Waals surface area (Å²) in [5.74, 6) is -0.529. The van der Waals surface area contributed by atoms with Crippen molar-refractivity contribution in [1.82, 2.24) is 4.90 Å². The Kier molecular flexibility index (Phi) is 9.61. The number of benzene rings is 3. The van der Waals surface area contributed by atoms with Crippen molar-refractivity contribution in [2.75, 3.05) is 6.54 Å². The number of aliphatic imine (C=N–C) groups is 2. The maximum absolute atomic E-state index is 10.4. The Morgan fingerprint density at radius 3 is 1.90 bits per heavy atom. The van der Waals surface area contributed by atoms with Gasteiger partial charge in [0.1, 0.15) is 0 Å². The normalized spacial score (nSPS) is 14.3. The zero-order chi connectivity index (χ0) is 29.2. The monoisotopic (exact) mass is 550 g/mol. The number of aryl methyl sites for hydroxylation is 1.